The van der Waals surface area contributed by atoms with Crippen molar-refractivity contribution < 1.29 is 4.79 Å². The van der Waals surface area contributed by atoms with Crippen LogP contribution in [-0.2, 0) is 6.54 Å². The van der Waals surface area contributed by atoms with E-state index in [4.69, 9.17) is 0 Å². The van der Waals surface area contributed by atoms with Gasteiger partial charge in [-0.2, -0.15) is 5.10 Å². The third-order valence-corrected chi connectivity index (χ3v) is 4.89. The first-order valence-corrected chi connectivity index (χ1v) is 9.93. The SMILES string of the molecule is CCCCCn1nc(C(=O)Nc2ccccc2C(C)C)c2ccccc2c1=O. The Bertz CT molecular complexity index is 1040. The monoisotopic (exact) mass is 377 g/mol. The van der Waals surface area contributed by atoms with E-state index in [0.29, 0.717) is 17.3 Å². The van der Waals surface area contributed by atoms with Crippen molar-refractivity contribution in [3.8, 4) is 0 Å². The number of amides is 1. The molecule has 5 nitrogen and oxygen atoms in total. The first kappa shape index (κ1) is 19.8. The number of aryl methyl sites for hydroxylation is 1. The lowest BCUT2D eigenvalue weighted by Gasteiger charge is -2.15. The highest BCUT2D eigenvalue weighted by molar-refractivity contribution is 6.11. The van der Waals surface area contributed by atoms with Crippen LogP contribution in [0.2, 0.25) is 0 Å². The highest BCUT2D eigenvalue weighted by Crippen LogP contribution is 2.24. The molecule has 1 aromatic heterocycles. The average Bonchev–Trinajstić information content (AvgIpc) is 2.70. The van der Waals surface area contributed by atoms with E-state index in [1.165, 1.54) is 4.68 Å². The van der Waals surface area contributed by atoms with E-state index >= 15 is 0 Å². The van der Waals surface area contributed by atoms with E-state index < -0.39 is 0 Å². The minimum absolute atomic E-state index is 0.147. The second-order valence-corrected chi connectivity index (χ2v) is 7.33. The lowest BCUT2D eigenvalue weighted by atomic mass is 10.0. The molecule has 146 valence electrons. The first-order valence-electron chi connectivity index (χ1n) is 9.93. The van der Waals surface area contributed by atoms with Crippen molar-refractivity contribution in [2.24, 2.45) is 0 Å². The number of unbranched alkanes of at least 4 members (excludes halogenated alkanes) is 2. The Balaban J connectivity index is 2.03. The van der Waals surface area contributed by atoms with Gasteiger partial charge in [-0.1, -0.05) is 70.0 Å². The topological polar surface area (TPSA) is 64.0 Å². The summed E-state index contributed by atoms with van der Waals surface area (Å²) in [6.07, 6.45) is 2.94. The van der Waals surface area contributed by atoms with Crippen LogP contribution in [0, 0.1) is 0 Å². The smallest absolute Gasteiger partial charge is 0.276 e. The number of fused-ring (bicyclic) bond motifs is 1. The number of carbonyl (C=O) groups is 1. The van der Waals surface area contributed by atoms with Crippen LogP contribution in [0.4, 0.5) is 5.69 Å². The lowest BCUT2D eigenvalue weighted by molar-refractivity contribution is 0.102. The van der Waals surface area contributed by atoms with Crippen LogP contribution >= 0.6 is 0 Å². The van der Waals surface area contributed by atoms with Gasteiger partial charge in [0.1, 0.15) is 0 Å². The molecule has 3 rings (SSSR count). The minimum atomic E-state index is -0.298. The van der Waals surface area contributed by atoms with Gasteiger partial charge in [0.15, 0.2) is 5.69 Å². The molecule has 1 heterocycles. The Hall–Kier alpha value is -2.95. The molecule has 5 heteroatoms. The van der Waals surface area contributed by atoms with Crippen LogP contribution in [0.5, 0.6) is 0 Å². The Morgan fingerprint density at radius 3 is 2.43 bits per heavy atom. The van der Waals surface area contributed by atoms with Gasteiger partial charge in [0.05, 0.1) is 5.39 Å². The number of benzene rings is 2. The van der Waals surface area contributed by atoms with Crippen molar-refractivity contribution in [1.29, 1.82) is 0 Å². The molecule has 1 N–H and O–H groups in total. The molecule has 0 fully saturated rings. The number of aromatic nitrogens is 2. The van der Waals surface area contributed by atoms with Crippen LogP contribution in [0.15, 0.2) is 53.3 Å². The lowest BCUT2D eigenvalue weighted by Crippen LogP contribution is -2.28. The fourth-order valence-corrected chi connectivity index (χ4v) is 3.36. The highest BCUT2D eigenvalue weighted by atomic mass is 16.2. The maximum Gasteiger partial charge on any atom is 0.276 e. The van der Waals surface area contributed by atoms with Crippen LogP contribution in [0.3, 0.4) is 0 Å². The fourth-order valence-electron chi connectivity index (χ4n) is 3.36. The number of para-hydroxylation sites is 1. The molecular formula is C23H27N3O2. The summed E-state index contributed by atoms with van der Waals surface area (Å²) in [5.41, 5.74) is 1.98. The van der Waals surface area contributed by atoms with Gasteiger partial charge in [0, 0.05) is 17.6 Å². The predicted octanol–water partition coefficient (Wildman–Crippen LogP) is 4.96. The molecule has 0 aliphatic rings. The maximum atomic E-state index is 13.1. The summed E-state index contributed by atoms with van der Waals surface area (Å²) in [5.74, 6) is -0.0160. The van der Waals surface area contributed by atoms with Gasteiger partial charge < -0.3 is 5.32 Å². The third kappa shape index (κ3) is 4.14. The summed E-state index contributed by atoms with van der Waals surface area (Å²) in [6, 6.07) is 15.0. The molecule has 0 spiro atoms. The van der Waals surface area contributed by atoms with Crippen LogP contribution < -0.4 is 10.9 Å². The van der Waals surface area contributed by atoms with E-state index in [1.807, 2.05) is 36.4 Å². The Kier molecular flexibility index (Phi) is 6.24. The van der Waals surface area contributed by atoms with Crippen molar-refractivity contribution in [3.63, 3.8) is 0 Å². The summed E-state index contributed by atoms with van der Waals surface area (Å²) >= 11 is 0. The number of rotatable bonds is 7. The van der Waals surface area contributed by atoms with Gasteiger partial charge in [-0.25, -0.2) is 4.68 Å². The molecule has 2 aromatic carbocycles. The number of nitrogens with one attached hydrogen (secondary N) is 1. The molecule has 0 radical (unpaired) electrons. The Morgan fingerprint density at radius 1 is 1.04 bits per heavy atom. The zero-order valence-corrected chi connectivity index (χ0v) is 16.7. The second kappa shape index (κ2) is 8.83. The van der Waals surface area contributed by atoms with Gasteiger partial charge in [0.2, 0.25) is 0 Å². The van der Waals surface area contributed by atoms with Gasteiger partial charge >= 0.3 is 0 Å². The standard InChI is InChI=1S/C23H27N3O2/c1-4-5-10-15-26-23(28)19-13-7-6-12-18(19)21(25-26)22(27)24-20-14-9-8-11-17(20)16(2)3/h6-9,11-14,16H,4-5,10,15H2,1-3H3,(H,24,27). The molecule has 0 saturated heterocycles. The van der Waals surface area contributed by atoms with Gasteiger partial charge in [-0.15, -0.1) is 0 Å². The van der Waals surface area contributed by atoms with E-state index in [1.54, 1.807) is 12.1 Å². The number of anilines is 1. The molecular weight excluding hydrogens is 350 g/mol. The van der Waals surface area contributed by atoms with Crippen molar-refractivity contribution in [1.82, 2.24) is 9.78 Å². The summed E-state index contributed by atoms with van der Waals surface area (Å²) < 4.78 is 1.43. The van der Waals surface area contributed by atoms with Crippen molar-refractivity contribution in [2.45, 2.75) is 52.5 Å². The molecule has 3 aromatic rings. The maximum absolute atomic E-state index is 13.1. The molecule has 1 amide bonds. The first-order chi connectivity index (χ1) is 13.5. The third-order valence-electron chi connectivity index (χ3n) is 4.89. The van der Waals surface area contributed by atoms with E-state index in [2.05, 4.69) is 31.2 Å². The second-order valence-electron chi connectivity index (χ2n) is 7.33. The molecule has 0 saturated carbocycles. The Labute approximate surface area is 165 Å². The molecule has 0 aliphatic heterocycles. The molecule has 0 aliphatic carbocycles. The number of hydrogen-bond donors (Lipinski definition) is 1. The van der Waals surface area contributed by atoms with Crippen molar-refractivity contribution >= 4 is 22.4 Å². The normalized spacial score (nSPS) is 11.1. The molecule has 0 unspecified atom stereocenters. The van der Waals surface area contributed by atoms with Gasteiger partial charge in [0.25, 0.3) is 11.5 Å². The molecule has 28 heavy (non-hydrogen) atoms. The van der Waals surface area contributed by atoms with Crippen molar-refractivity contribution in [2.75, 3.05) is 5.32 Å². The van der Waals surface area contributed by atoms with Gasteiger partial charge in [-0.05, 0) is 30.0 Å². The number of carbonyl (C=O) groups excluding carboxylic acids is 1. The summed E-state index contributed by atoms with van der Waals surface area (Å²) in [7, 11) is 0. The quantitative estimate of drug-likeness (QED) is 0.592. The van der Waals surface area contributed by atoms with Gasteiger partial charge in [-0.3, -0.25) is 9.59 Å². The van der Waals surface area contributed by atoms with Crippen LogP contribution in [-0.4, -0.2) is 15.7 Å². The summed E-state index contributed by atoms with van der Waals surface area (Å²) in [5, 5.41) is 8.54. The van der Waals surface area contributed by atoms with E-state index in [0.717, 1.165) is 30.5 Å². The number of hydrogen-bond acceptors (Lipinski definition) is 3. The summed E-state index contributed by atoms with van der Waals surface area (Å²) in [6.45, 7) is 6.81. The van der Waals surface area contributed by atoms with Crippen LogP contribution in [0.25, 0.3) is 10.8 Å². The zero-order chi connectivity index (χ0) is 20.1. The fraction of sp³-hybridized carbons (Fsp3) is 0.348. The Morgan fingerprint density at radius 2 is 1.71 bits per heavy atom. The minimum Gasteiger partial charge on any atom is -0.320 e. The molecule has 0 bridgehead atoms. The van der Waals surface area contributed by atoms with E-state index in [-0.39, 0.29) is 23.1 Å². The summed E-state index contributed by atoms with van der Waals surface area (Å²) in [4.78, 5) is 25.9. The predicted molar refractivity (Wildman–Crippen MR) is 114 cm³/mol. The van der Waals surface area contributed by atoms with E-state index in [9.17, 15) is 9.59 Å². The van der Waals surface area contributed by atoms with Crippen LogP contribution in [0.1, 0.15) is 62.0 Å². The largest absolute Gasteiger partial charge is 0.320 e. The number of nitrogens with zero attached hydrogens (tertiary/aromatic N) is 2. The van der Waals surface area contributed by atoms with Crippen molar-refractivity contribution in [3.05, 3.63) is 70.1 Å². The zero-order valence-electron chi connectivity index (χ0n) is 16.7. The average molecular weight is 377 g/mol. The highest BCUT2D eigenvalue weighted by Gasteiger charge is 2.18. The molecule has 0 atom stereocenters.